The molecule has 1 aromatic carbocycles. The molecule has 1 N–H and O–H groups in total. The second kappa shape index (κ2) is 8.35. The Bertz CT molecular complexity index is 824. The van der Waals surface area contributed by atoms with Crippen molar-refractivity contribution in [1.29, 1.82) is 0 Å². The largest absolute Gasteiger partial charge is 0.375 e. The minimum absolute atomic E-state index is 0.0491. The first kappa shape index (κ1) is 19.1. The van der Waals surface area contributed by atoms with Crippen molar-refractivity contribution in [3.63, 3.8) is 0 Å². The van der Waals surface area contributed by atoms with Gasteiger partial charge in [-0.3, -0.25) is 9.59 Å². The average Bonchev–Trinajstić information content (AvgIpc) is 2.97. The second-order valence-electron chi connectivity index (χ2n) is 6.78. The number of carbonyl (C=O) groups excluding carboxylic acids is 2. The van der Waals surface area contributed by atoms with Gasteiger partial charge < -0.3 is 19.5 Å². The van der Waals surface area contributed by atoms with Gasteiger partial charge in [-0.15, -0.1) is 0 Å². The normalized spacial score (nSPS) is 13.4. The number of carbonyl (C=O) groups is 2. The van der Waals surface area contributed by atoms with Gasteiger partial charge in [0.2, 0.25) is 5.91 Å². The third kappa shape index (κ3) is 4.36. The Hall–Kier alpha value is -2.67. The lowest BCUT2D eigenvalue weighted by Gasteiger charge is -2.29. The Morgan fingerprint density at radius 3 is 2.85 bits per heavy atom. The molecule has 0 unspecified atom stereocenters. The molecule has 1 aromatic heterocycles. The van der Waals surface area contributed by atoms with Crippen molar-refractivity contribution in [3.8, 4) is 0 Å². The summed E-state index contributed by atoms with van der Waals surface area (Å²) in [5.41, 5.74) is 4.45. The van der Waals surface area contributed by atoms with E-state index in [-0.39, 0.29) is 18.4 Å². The Kier molecular flexibility index (Phi) is 5.91. The molecule has 0 saturated heterocycles. The first-order valence-electron chi connectivity index (χ1n) is 9.13. The first-order valence-corrected chi connectivity index (χ1v) is 9.13. The van der Waals surface area contributed by atoms with Gasteiger partial charge in [0.15, 0.2) is 0 Å². The number of hydrogen-bond donors (Lipinski definition) is 1. The van der Waals surface area contributed by atoms with Gasteiger partial charge in [-0.1, -0.05) is 11.2 Å². The fourth-order valence-electron chi connectivity index (χ4n) is 3.43. The Balaban J connectivity index is 1.68. The Morgan fingerprint density at radius 1 is 1.33 bits per heavy atom. The minimum Gasteiger partial charge on any atom is -0.375 e. The number of nitrogens with zero attached hydrogens (tertiary/aromatic N) is 2. The molecule has 2 amide bonds. The molecular weight excluding hydrogens is 346 g/mol. The quantitative estimate of drug-likeness (QED) is 0.844. The van der Waals surface area contributed by atoms with Crippen LogP contribution in [0.4, 0.5) is 11.4 Å². The summed E-state index contributed by atoms with van der Waals surface area (Å²) in [4.78, 5) is 26.4. The van der Waals surface area contributed by atoms with Crippen molar-refractivity contribution < 1.29 is 18.8 Å². The van der Waals surface area contributed by atoms with Crippen LogP contribution in [-0.2, 0) is 27.2 Å². The van der Waals surface area contributed by atoms with E-state index < -0.39 is 0 Å². The molecule has 0 bridgehead atoms. The van der Waals surface area contributed by atoms with Crippen LogP contribution in [0.15, 0.2) is 22.7 Å². The zero-order valence-electron chi connectivity index (χ0n) is 16.0. The van der Waals surface area contributed by atoms with Crippen LogP contribution in [0.2, 0.25) is 0 Å². The SMILES string of the molecule is COCC(=O)N1CCCc2ccc(NC(=O)CCc3c(C)noc3C)cc21. The number of aromatic nitrogens is 1. The van der Waals surface area contributed by atoms with Crippen molar-refractivity contribution in [2.45, 2.75) is 39.5 Å². The van der Waals surface area contributed by atoms with Crippen molar-refractivity contribution in [2.24, 2.45) is 0 Å². The van der Waals surface area contributed by atoms with Crippen molar-refractivity contribution in [1.82, 2.24) is 5.16 Å². The van der Waals surface area contributed by atoms with Gasteiger partial charge >= 0.3 is 0 Å². The average molecular weight is 371 g/mol. The first-order chi connectivity index (χ1) is 13.0. The number of fused-ring (bicyclic) bond motifs is 1. The lowest BCUT2D eigenvalue weighted by Crippen LogP contribution is -2.37. The van der Waals surface area contributed by atoms with E-state index in [0.29, 0.717) is 25.1 Å². The maximum Gasteiger partial charge on any atom is 0.252 e. The molecule has 1 aliphatic rings. The number of hydrogen-bond acceptors (Lipinski definition) is 5. The second-order valence-corrected chi connectivity index (χ2v) is 6.78. The highest BCUT2D eigenvalue weighted by molar-refractivity contribution is 5.97. The molecule has 7 heteroatoms. The van der Waals surface area contributed by atoms with E-state index in [0.717, 1.165) is 41.1 Å². The van der Waals surface area contributed by atoms with Crippen molar-refractivity contribution in [3.05, 3.63) is 40.8 Å². The summed E-state index contributed by atoms with van der Waals surface area (Å²) in [5, 5.41) is 6.84. The van der Waals surface area contributed by atoms with Gasteiger partial charge in [0.05, 0.1) is 5.69 Å². The fraction of sp³-hybridized carbons (Fsp3) is 0.450. The summed E-state index contributed by atoms with van der Waals surface area (Å²) < 4.78 is 10.1. The summed E-state index contributed by atoms with van der Waals surface area (Å²) >= 11 is 0. The molecule has 2 heterocycles. The van der Waals surface area contributed by atoms with E-state index in [1.54, 1.807) is 4.90 Å². The predicted molar refractivity (Wildman–Crippen MR) is 102 cm³/mol. The van der Waals surface area contributed by atoms with E-state index in [1.807, 2.05) is 32.0 Å². The maximum atomic E-state index is 12.4. The molecule has 0 saturated carbocycles. The molecule has 0 spiro atoms. The van der Waals surface area contributed by atoms with Crippen LogP contribution in [0.3, 0.4) is 0 Å². The van der Waals surface area contributed by atoms with Crippen LogP contribution in [0, 0.1) is 13.8 Å². The molecule has 3 rings (SSSR count). The van der Waals surface area contributed by atoms with Crippen LogP contribution in [0.25, 0.3) is 0 Å². The molecule has 1 aliphatic heterocycles. The maximum absolute atomic E-state index is 12.4. The van der Waals surface area contributed by atoms with Crippen LogP contribution in [0.5, 0.6) is 0 Å². The van der Waals surface area contributed by atoms with Crippen LogP contribution < -0.4 is 10.2 Å². The summed E-state index contributed by atoms with van der Waals surface area (Å²) in [5.74, 6) is 0.599. The third-order valence-electron chi connectivity index (χ3n) is 4.84. The number of benzene rings is 1. The third-order valence-corrected chi connectivity index (χ3v) is 4.84. The highest BCUT2D eigenvalue weighted by atomic mass is 16.5. The molecule has 0 fully saturated rings. The predicted octanol–water partition coefficient (Wildman–Crippen LogP) is 2.79. The van der Waals surface area contributed by atoms with Crippen molar-refractivity contribution >= 4 is 23.2 Å². The summed E-state index contributed by atoms with van der Waals surface area (Å²) in [6.45, 7) is 4.44. The summed E-state index contributed by atoms with van der Waals surface area (Å²) in [7, 11) is 1.51. The summed E-state index contributed by atoms with van der Waals surface area (Å²) in [6, 6.07) is 5.73. The Morgan fingerprint density at radius 2 is 2.15 bits per heavy atom. The van der Waals surface area contributed by atoms with Gasteiger partial charge in [0.1, 0.15) is 12.4 Å². The molecule has 0 atom stereocenters. The molecule has 144 valence electrons. The standard InChI is InChI=1S/C20H25N3O4/c1-13-17(14(2)27-22-13)8-9-19(24)21-16-7-6-15-5-4-10-23(18(15)11-16)20(25)12-26-3/h6-7,11H,4-5,8-10,12H2,1-3H3,(H,21,24). The number of ether oxygens (including phenoxy) is 1. The van der Waals surface area contributed by atoms with Gasteiger partial charge in [0, 0.05) is 37.0 Å². The Labute approximate surface area is 158 Å². The topological polar surface area (TPSA) is 84.7 Å². The molecular formula is C20H25N3O4. The molecule has 27 heavy (non-hydrogen) atoms. The van der Waals surface area contributed by atoms with Gasteiger partial charge in [-0.05, 0) is 50.8 Å². The number of aryl methyl sites for hydroxylation is 3. The zero-order chi connectivity index (χ0) is 19.4. The lowest BCUT2D eigenvalue weighted by atomic mass is 10.0. The highest BCUT2D eigenvalue weighted by Crippen LogP contribution is 2.30. The van der Waals surface area contributed by atoms with E-state index in [9.17, 15) is 9.59 Å². The van der Waals surface area contributed by atoms with E-state index in [1.165, 1.54) is 7.11 Å². The van der Waals surface area contributed by atoms with Crippen LogP contribution >= 0.6 is 0 Å². The monoisotopic (exact) mass is 371 g/mol. The number of amides is 2. The number of rotatable bonds is 6. The number of nitrogens with one attached hydrogen (secondary N) is 1. The van der Waals surface area contributed by atoms with Gasteiger partial charge in [-0.2, -0.15) is 0 Å². The highest BCUT2D eigenvalue weighted by Gasteiger charge is 2.23. The fourth-order valence-corrected chi connectivity index (χ4v) is 3.43. The molecule has 7 nitrogen and oxygen atoms in total. The minimum atomic E-state index is -0.0828. The van der Waals surface area contributed by atoms with E-state index in [4.69, 9.17) is 9.26 Å². The van der Waals surface area contributed by atoms with E-state index in [2.05, 4.69) is 10.5 Å². The molecule has 0 aliphatic carbocycles. The number of methoxy groups -OCH3 is 1. The smallest absolute Gasteiger partial charge is 0.252 e. The van der Waals surface area contributed by atoms with Crippen LogP contribution in [-0.4, -0.2) is 37.2 Å². The lowest BCUT2D eigenvalue weighted by molar-refractivity contribution is -0.122. The van der Waals surface area contributed by atoms with E-state index >= 15 is 0 Å². The number of anilines is 2. The molecule has 0 radical (unpaired) electrons. The van der Waals surface area contributed by atoms with Gasteiger partial charge in [0.25, 0.3) is 5.91 Å². The van der Waals surface area contributed by atoms with Gasteiger partial charge in [-0.25, -0.2) is 0 Å². The molecule has 2 aromatic rings. The zero-order valence-corrected chi connectivity index (χ0v) is 16.0. The van der Waals surface area contributed by atoms with Crippen LogP contribution in [0.1, 0.15) is 35.4 Å². The van der Waals surface area contributed by atoms with Crippen molar-refractivity contribution in [2.75, 3.05) is 30.5 Å². The summed E-state index contributed by atoms with van der Waals surface area (Å²) in [6.07, 6.45) is 2.76.